The molecule has 0 atom stereocenters. The lowest BCUT2D eigenvalue weighted by molar-refractivity contribution is -0.121. The Labute approximate surface area is 137 Å². The number of para-hydroxylation sites is 1. The Kier molecular flexibility index (Phi) is 5.11. The molecule has 2 aromatic rings. The van der Waals surface area contributed by atoms with Crippen LogP contribution in [0.4, 0.5) is 5.69 Å². The van der Waals surface area contributed by atoms with Crippen molar-refractivity contribution in [1.29, 1.82) is 0 Å². The largest absolute Gasteiger partial charge is 0.384 e. The predicted molar refractivity (Wildman–Crippen MR) is 94.6 cm³/mol. The van der Waals surface area contributed by atoms with E-state index in [0.717, 1.165) is 41.5 Å². The van der Waals surface area contributed by atoms with Crippen LogP contribution in [0.5, 0.6) is 0 Å². The molecule has 0 spiro atoms. The molecule has 1 saturated carbocycles. The van der Waals surface area contributed by atoms with Crippen LogP contribution >= 0.6 is 0 Å². The Balaban J connectivity index is 1.61. The van der Waals surface area contributed by atoms with E-state index in [2.05, 4.69) is 34.7 Å². The van der Waals surface area contributed by atoms with Gasteiger partial charge in [-0.2, -0.15) is 0 Å². The Hall–Kier alpha value is -2.10. The van der Waals surface area contributed by atoms with Gasteiger partial charge in [-0.05, 0) is 31.4 Å². The molecule has 23 heavy (non-hydrogen) atoms. The molecule has 1 heterocycles. The number of amides is 1. The first-order valence-corrected chi connectivity index (χ1v) is 8.68. The maximum absolute atomic E-state index is 12.0. The first-order chi connectivity index (χ1) is 11.3. The molecule has 0 saturated heterocycles. The van der Waals surface area contributed by atoms with Crippen molar-refractivity contribution in [3.63, 3.8) is 0 Å². The van der Waals surface area contributed by atoms with Crippen LogP contribution in [-0.2, 0) is 11.2 Å². The summed E-state index contributed by atoms with van der Waals surface area (Å²) in [5, 5.41) is 7.66. The summed E-state index contributed by atoms with van der Waals surface area (Å²) in [7, 11) is 0. The van der Waals surface area contributed by atoms with Crippen molar-refractivity contribution in [2.75, 3.05) is 11.9 Å². The van der Waals surface area contributed by atoms with Crippen LogP contribution < -0.4 is 10.6 Å². The quantitative estimate of drug-likeness (QED) is 0.856. The third-order valence-electron chi connectivity index (χ3n) is 4.52. The average molecular weight is 311 g/mol. The van der Waals surface area contributed by atoms with Crippen LogP contribution in [0, 0.1) is 0 Å². The maximum atomic E-state index is 12.0. The highest BCUT2D eigenvalue weighted by Gasteiger charge is 2.16. The van der Waals surface area contributed by atoms with Gasteiger partial charge in [-0.3, -0.25) is 9.78 Å². The zero-order valence-corrected chi connectivity index (χ0v) is 13.8. The number of pyridine rings is 1. The molecule has 1 aromatic carbocycles. The van der Waals surface area contributed by atoms with Gasteiger partial charge in [0.1, 0.15) is 0 Å². The van der Waals surface area contributed by atoms with Crippen molar-refractivity contribution in [1.82, 2.24) is 10.3 Å². The molecule has 1 amide bonds. The zero-order chi connectivity index (χ0) is 16.1. The molecule has 1 aliphatic carbocycles. The van der Waals surface area contributed by atoms with Gasteiger partial charge in [0.25, 0.3) is 0 Å². The van der Waals surface area contributed by atoms with Gasteiger partial charge in [-0.25, -0.2) is 0 Å². The summed E-state index contributed by atoms with van der Waals surface area (Å²) in [4.78, 5) is 16.7. The number of hydrogen-bond donors (Lipinski definition) is 2. The van der Waals surface area contributed by atoms with Crippen molar-refractivity contribution in [2.45, 2.75) is 51.5 Å². The summed E-state index contributed by atoms with van der Waals surface area (Å²) in [5.74, 6) is 0.151. The molecule has 0 radical (unpaired) electrons. The Bertz CT molecular complexity index is 677. The van der Waals surface area contributed by atoms with Gasteiger partial charge in [0.05, 0.1) is 5.52 Å². The lowest BCUT2D eigenvalue weighted by atomic mass is 10.1. The van der Waals surface area contributed by atoms with Crippen LogP contribution in [0.15, 0.2) is 30.3 Å². The van der Waals surface area contributed by atoms with Crippen LogP contribution in [0.3, 0.4) is 0 Å². The van der Waals surface area contributed by atoms with Gasteiger partial charge in [-0.15, -0.1) is 0 Å². The summed E-state index contributed by atoms with van der Waals surface area (Å²) >= 11 is 0. The number of aryl methyl sites for hydroxylation is 1. The summed E-state index contributed by atoms with van der Waals surface area (Å²) < 4.78 is 0. The molecule has 3 rings (SSSR count). The minimum atomic E-state index is 0.151. The van der Waals surface area contributed by atoms with Crippen LogP contribution in [0.25, 0.3) is 10.9 Å². The smallest absolute Gasteiger partial charge is 0.221 e. The van der Waals surface area contributed by atoms with Crippen LogP contribution in [0.1, 0.15) is 44.7 Å². The molecule has 1 fully saturated rings. The number of nitrogens with one attached hydrogen (secondary N) is 2. The zero-order valence-electron chi connectivity index (χ0n) is 13.8. The molecule has 0 aliphatic heterocycles. The van der Waals surface area contributed by atoms with E-state index in [1.165, 1.54) is 12.8 Å². The first-order valence-electron chi connectivity index (χ1n) is 8.68. The average Bonchev–Trinajstić information content (AvgIpc) is 3.07. The van der Waals surface area contributed by atoms with E-state index in [4.69, 9.17) is 0 Å². The fourth-order valence-corrected chi connectivity index (χ4v) is 3.24. The van der Waals surface area contributed by atoms with E-state index >= 15 is 0 Å². The van der Waals surface area contributed by atoms with Gasteiger partial charge in [0, 0.05) is 35.8 Å². The summed E-state index contributed by atoms with van der Waals surface area (Å²) in [6, 6.07) is 10.6. The van der Waals surface area contributed by atoms with Gasteiger partial charge in [-0.1, -0.05) is 38.0 Å². The number of nitrogens with zero attached hydrogens (tertiary/aromatic N) is 1. The lowest BCUT2D eigenvalue weighted by Crippen LogP contribution is -2.33. The highest BCUT2D eigenvalue weighted by Crippen LogP contribution is 2.23. The molecule has 4 heteroatoms. The van der Waals surface area contributed by atoms with E-state index in [-0.39, 0.29) is 5.91 Å². The number of hydrogen-bond acceptors (Lipinski definition) is 3. The lowest BCUT2D eigenvalue weighted by Gasteiger charge is -2.14. The van der Waals surface area contributed by atoms with Crippen molar-refractivity contribution in [2.24, 2.45) is 0 Å². The van der Waals surface area contributed by atoms with E-state index in [9.17, 15) is 4.79 Å². The predicted octanol–water partition coefficient (Wildman–Crippen LogP) is 3.66. The number of benzene rings is 1. The maximum Gasteiger partial charge on any atom is 0.221 e. The Morgan fingerprint density at radius 3 is 2.83 bits per heavy atom. The highest BCUT2D eigenvalue weighted by atomic mass is 16.1. The SMILES string of the molecule is CCc1cc(NCCC(=O)NC2CCCC2)c2ccccc2n1. The van der Waals surface area contributed by atoms with Crippen molar-refractivity contribution in [3.8, 4) is 0 Å². The third-order valence-corrected chi connectivity index (χ3v) is 4.52. The van der Waals surface area contributed by atoms with E-state index in [0.29, 0.717) is 19.0 Å². The van der Waals surface area contributed by atoms with Gasteiger partial charge in [0.2, 0.25) is 5.91 Å². The topological polar surface area (TPSA) is 54.0 Å². The second-order valence-electron chi connectivity index (χ2n) is 6.26. The highest BCUT2D eigenvalue weighted by molar-refractivity contribution is 5.91. The summed E-state index contributed by atoms with van der Waals surface area (Å²) in [6.45, 7) is 2.76. The van der Waals surface area contributed by atoms with Gasteiger partial charge >= 0.3 is 0 Å². The molecule has 1 aliphatic rings. The number of fused-ring (bicyclic) bond motifs is 1. The van der Waals surface area contributed by atoms with Crippen LogP contribution in [0.2, 0.25) is 0 Å². The van der Waals surface area contributed by atoms with Crippen molar-refractivity contribution < 1.29 is 4.79 Å². The molecular weight excluding hydrogens is 286 g/mol. The van der Waals surface area contributed by atoms with Crippen molar-refractivity contribution >= 4 is 22.5 Å². The fourth-order valence-electron chi connectivity index (χ4n) is 3.24. The second-order valence-corrected chi connectivity index (χ2v) is 6.26. The second kappa shape index (κ2) is 7.44. The van der Waals surface area contributed by atoms with Crippen molar-refractivity contribution in [3.05, 3.63) is 36.0 Å². The molecule has 0 bridgehead atoms. The Morgan fingerprint density at radius 2 is 2.04 bits per heavy atom. The number of carbonyl (C=O) groups is 1. The minimum Gasteiger partial charge on any atom is -0.384 e. The standard InChI is InChI=1S/C19H25N3O/c1-2-14-13-18(16-9-5-6-10-17(16)21-14)20-12-11-19(23)22-15-7-3-4-8-15/h5-6,9-10,13,15H,2-4,7-8,11-12H2,1H3,(H,20,21)(H,22,23). The molecule has 2 N–H and O–H groups in total. The van der Waals surface area contributed by atoms with E-state index in [1.54, 1.807) is 0 Å². The minimum absolute atomic E-state index is 0.151. The molecule has 122 valence electrons. The molecular formula is C19H25N3O. The first kappa shape index (κ1) is 15.8. The summed E-state index contributed by atoms with van der Waals surface area (Å²) in [5.41, 5.74) is 3.15. The number of aromatic nitrogens is 1. The molecule has 1 aromatic heterocycles. The third kappa shape index (κ3) is 4.01. The molecule has 0 unspecified atom stereocenters. The van der Waals surface area contributed by atoms with E-state index in [1.807, 2.05) is 18.2 Å². The number of rotatable bonds is 6. The normalized spacial score (nSPS) is 15.0. The number of anilines is 1. The molecule has 4 nitrogen and oxygen atoms in total. The van der Waals surface area contributed by atoms with E-state index < -0.39 is 0 Å². The monoisotopic (exact) mass is 311 g/mol. The number of carbonyl (C=O) groups excluding carboxylic acids is 1. The van der Waals surface area contributed by atoms with Gasteiger partial charge in [0.15, 0.2) is 0 Å². The Morgan fingerprint density at radius 1 is 1.26 bits per heavy atom. The fraction of sp³-hybridized carbons (Fsp3) is 0.474. The van der Waals surface area contributed by atoms with Crippen LogP contribution in [-0.4, -0.2) is 23.5 Å². The summed E-state index contributed by atoms with van der Waals surface area (Å²) in [6.07, 6.45) is 6.16. The van der Waals surface area contributed by atoms with Gasteiger partial charge < -0.3 is 10.6 Å².